The quantitative estimate of drug-likeness (QED) is 0.709. The molecule has 0 heterocycles. The molecule has 0 atom stereocenters. The fraction of sp³-hybridized carbons (Fsp3) is 0.467. The Bertz CT molecular complexity index is 441. The minimum Gasteiger partial charge on any atom is -0.487 e. The molecule has 19 heavy (non-hydrogen) atoms. The lowest BCUT2D eigenvalue weighted by Crippen LogP contribution is -2.35. The fourth-order valence-corrected chi connectivity index (χ4v) is 2.93. The van der Waals surface area contributed by atoms with Crippen molar-refractivity contribution in [1.82, 2.24) is 5.32 Å². The maximum Gasteiger partial charge on any atom is 0.148 e. The largest absolute Gasteiger partial charge is 0.487 e. The lowest BCUT2D eigenvalue weighted by atomic mass is 10.1. The van der Waals surface area contributed by atoms with Gasteiger partial charge in [-0.2, -0.15) is 0 Å². The summed E-state index contributed by atoms with van der Waals surface area (Å²) in [6.45, 7) is 13.6. The van der Waals surface area contributed by atoms with Crippen LogP contribution in [-0.2, 0) is 6.54 Å². The second-order valence-electron chi connectivity index (χ2n) is 5.74. The predicted octanol–water partition coefficient (Wildman–Crippen LogP) is 5.05. The SMILES string of the molecule is C=C(C)COc1c(Br)cc(CNC(C)(C)C)cc1Br. The van der Waals surface area contributed by atoms with Crippen molar-refractivity contribution < 1.29 is 4.74 Å². The normalized spacial score (nSPS) is 11.5. The van der Waals surface area contributed by atoms with Crippen LogP contribution >= 0.6 is 31.9 Å². The molecule has 0 spiro atoms. The lowest BCUT2D eigenvalue weighted by molar-refractivity contribution is 0.348. The molecule has 0 aliphatic carbocycles. The number of benzene rings is 1. The third-order valence-electron chi connectivity index (χ3n) is 2.34. The molecule has 4 heteroatoms. The summed E-state index contributed by atoms with van der Waals surface area (Å²) in [5.74, 6) is 0.822. The first-order chi connectivity index (χ1) is 8.69. The minimum atomic E-state index is 0.105. The average Bonchev–Trinajstić information content (AvgIpc) is 2.23. The molecule has 2 nitrogen and oxygen atoms in total. The number of hydrogen-bond donors (Lipinski definition) is 1. The Morgan fingerprint density at radius 2 is 1.79 bits per heavy atom. The van der Waals surface area contributed by atoms with Gasteiger partial charge in [-0.05, 0) is 82.8 Å². The molecular weight excluding hydrogens is 370 g/mol. The Balaban J connectivity index is 2.81. The van der Waals surface area contributed by atoms with Crippen molar-refractivity contribution in [3.8, 4) is 5.75 Å². The van der Waals surface area contributed by atoms with E-state index in [1.807, 2.05) is 6.92 Å². The van der Waals surface area contributed by atoms with Gasteiger partial charge in [0.05, 0.1) is 8.95 Å². The Morgan fingerprint density at radius 3 is 2.21 bits per heavy atom. The van der Waals surface area contributed by atoms with E-state index in [2.05, 4.69) is 76.7 Å². The van der Waals surface area contributed by atoms with E-state index < -0.39 is 0 Å². The Hall–Kier alpha value is -0.320. The monoisotopic (exact) mass is 389 g/mol. The Labute approximate surface area is 132 Å². The highest BCUT2D eigenvalue weighted by Crippen LogP contribution is 2.35. The second-order valence-corrected chi connectivity index (χ2v) is 7.45. The first kappa shape index (κ1) is 16.7. The van der Waals surface area contributed by atoms with Crippen molar-refractivity contribution in [3.63, 3.8) is 0 Å². The molecule has 0 radical (unpaired) electrons. The third kappa shape index (κ3) is 6.11. The van der Waals surface area contributed by atoms with Crippen LogP contribution in [0, 0.1) is 0 Å². The highest BCUT2D eigenvalue weighted by molar-refractivity contribution is 9.11. The van der Waals surface area contributed by atoms with E-state index in [1.54, 1.807) is 0 Å². The topological polar surface area (TPSA) is 21.3 Å². The van der Waals surface area contributed by atoms with E-state index in [9.17, 15) is 0 Å². The molecule has 0 fully saturated rings. The van der Waals surface area contributed by atoms with Gasteiger partial charge in [-0.1, -0.05) is 6.58 Å². The highest BCUT2D eigenvalue weighted by Gasteiger charge is 2.12. The second kappa shape index (κ2) is 6.91. The average molecular weight is 391 g/mol. The summed E-state index contributed by atoms with van der Waals surface area (Å²) in [5, 5.41) is 3.47. The van der Waals surface area contributed by atoms with E-state index in [0.29, 0.717) is 6.61 Å². The first-order valence-electron chi connectivity index (χ1n) is 6.19. The summed E-state index contributed by atoms with van der Waals surface area (Å²) in [7, 11) is 0. The highest BCUT2D eigenvalue weighted by atomic mass is 79.9. The summed E-state index contributed by atoms with van der Waals surface area (Å²) in [6.07, 6.45) is 0. The maximum absolute atomic E-state index is 5.72. The summed E-state index contributed by atoms with van der Waals surface area (Å²) < 4.78 is 7.62. The van der Waals surface area contributed by atoms with Crippen LogP contribution in [0.2, 0.25) is 0 Å². The van der Waals surface area contributed by atoms with Gasteiger partial charge in [0.2, 0.25) is 0 Å². The van der Waals surface area contributed by atoms with Crippen molar-refractivity contribution in [2.45, 2.75) is 39.8 Å². The van der Waals surface area contributed by atoms with Crippen LogP contribution < -0.4 is 10.1 Å². The van der Waals surface area contributed by atoms with Gasteiger partial charge < -0.3 is 10.1 Å². The van der Waals surface area contributed by atoms with E-state index >= 15 is 0 Å². The number of ether oxygens (including phenoxy) is 1. The molecule has 0 aliphatic rings. The molecule has 1 aromatic rings. The molecule has 0 saturated carbocycles. The summed E-state index contributed by atoms with van der Waals surface area (Å²) in [5.41, 5.74) is 2.31. The summed E-state index contributed by atoms with van der Waals surface area (Å²) in [4.78, 5) is 0. The van der Waals surface area contributed by atoms with Gasteiger partial charge in [0, 0.05) is 12.1 Å². The van der Waals surface area contributed by atoms with Gasteiger partial charge in [-0.3, -0.25) is 0 Å². The molecule has 1 N–H and O–H groups in total. The molecule has 1 aromatic carbocycles. The maximum atomic E-state index is 5.72. The molecule has 0 saturated heterocycles. The van der Waals surface area contributed by atoms with Crippen LogP contribution in [0.5, 0.6) is 5.75 Å². The number of halogens is 2. The van der Waals surface area contributed by atoms with Crippen molar-refractivity contribution in [3.05, 3.63) is 38.8 Å². The zero-order valence-electron chi connectivity index (χ0n) is 11.9. The molecule has 0 bridgehead atoms. The zero-order chi connectivity index (χ0) is 14.6. The molecule has 0 aromatic heterocycles. The molecule has 0 unspecified atom stereocenters. The zero-order valence-corrected chi connectivity index (χ0v) is 15.1. The molecule has 106 valence electrons. The van der Waals surface area contributed by atoms with Crippen LogP contribution in [0.25, 0.3) is 0 Å². The van der Waals surface area contributed by atoms with Crippen LogP contribution in [0.3, 0.4) is 0 Å². The summed E-state index contributed by atoms with van der Waals surface area (Å²) in [6, 6.07) is 4.16. The predicted molar refractivity (Wildman–Crippen MR) is 88.7 cm³/mol. The number of nitrogens with one attached hydrogen (secondary N) is 1. The van der Waals surface area contributed by atoms with E-state index in [1.165, 1.54) is 5.56 Å². The molecule has 1 rings (SSSR count). The van der Waals surface area contributed by atoms with E-state index in [4.69, 9.17) is 4.74 Å². The van der Waals surface area contributed by atoms with Gasteiger partial charge in [0.25, 0.3) is 0 Å². The van der Waals surface area contributed by atoms with Crippen molar-refractivity contribution in [2.24, 2.45) is 0 Å². The smallest absolute Gasteiger partial charge is 0.148 e. The third-order valence-corrected chi connectivity index (χ3v) is 3.52. The first-order valence-corrected chi connectivity index (χ1v) is 7.78. The van der Waals surface area contributed by atoms with E-state index in [-0.39, 0.29) is 5.54 Å². The summed E-state index contributed by atoms with van der Waals surface area (Å²) >= 11 is 7.11. The van der Waals surface area contributed by atoms with Gasteiger partial charge >= 0.3 is 0 Å². The van der Waals surface area contributed by atoms with Crippen molar-refractivity contribution in [2.75, 3.05) is 6.61 Å². The van der Waals surface area contributed by atoms with Gasteiger partial charge in [0.1, 0.15) is 12.4 Å². The number of rotatable bonds is 5. The standard InChI is InChI=1S/C15H21Br2NO/c1-10(2)9-19-14-12(16)6-11(7-13(14)17)8-18-15(3,4)5/h6-7,18H,1,8-9H2,2-5H3. The van der Waals surface area contributed by atoms with Crippen LogP contribution in [0.1, 0.15) is 33.3 Å². The van der Waals surface area contributed by atoms with Gasteiger partial charge in [-0.25, -0.2) is 0 Å². The Kier molecular flexibility index (Phi) is 6.09. The van der Waals surface area contributed by atoms with Gasteiger partial charge in [0.15, 0.2) is 0 Å². The minimum absolute atomic E-state index is 0.105. The molecule has 0 amide bonds. The van der Waals surface area contributed by atoms with E-state index in [0.717, 1.165) is 26.8 Å². The van der Waals surface area contributed by atoms with Crippen LogP contribution in [-0.4, -0.2) is 12.1 Å². The lowest BCUT2D eigenvalue weighted by Gasteiger charge is -2.21. The Morgan fingerprint density at radius 1 is 1.26 bits per heavy atom. The molecular formula is C15H21Br2NO. The number of hydrogen-bond acceptors (Lipinski definition) is 2. The molecule has 0 aliphatic heterocycles. The van der Waals surface area contributed by atoms with Gasteiger partial charge in [-0.15, -0.1) is 0 Å². The van der Waals surface area contributed by atoms with Crippen LogP contribution in [0.4, 0.5) is 0 Å². The van der Waals surface area contributed by atoms with Crippen LogP contribution in [0.15, 0.2) is 33.2 Å². The fourth-order valence-electron chi connectivity index (χ4n) is 1.41. The van der Waals surface area contributed by atoms with Crippen molar-refractivity contribution in [1.29, 1.82) is 0 Å². The van der Waals surface area contributed by atoms with Crippen molar-refractivity contribution >= 4 is 31.9 Å².